The Kier molecular flexibility index (Phi) is 4.14. The number of hydrogen-bond donors (Lipinski definition) is 2. The van der Waals surface area contributed by atoms with Gasteiger partial charge >= 0.3 is 0 Å². The molecule has 0 fully saturated rings. The molecule has 26 heavy (non-hydrogen) atoms. The molecule has 0 aromatic heterocycles. The topological polar surface area (TPSA) is 56.7 Å². The lowest BCUT2D eigenvalue weighted by molar-refractivity contribution is -0.117. The van der Waals surface area contributed by atoms with Crippen molar-refractivity contribution in [3.63, 3.8) is 0 Å². The number of benzene rings is 2. The van der Waals surface area contributed by atoms with Gasteiger partial charge in [-0.1, -0.05) is 43.0 Å². The number of likely N-dealkylation sites (N-methyl/N-ethyl adjacent to an activating group) is 1. The number of carbonyl (C=O) groups excluding carboxylic acids is 1. The van der Waals surface area contributed by atoms with Crippen molar-refractivity contribution in [1.29, 1.82) is 0 Å². The van der Waals surface area contributed by atoms with Crippen molar-refractivity contribution in [2.75, 3.05) is 20.1 Å². The van der Waals surface area contributed by atoms with Gasteiger partial charge in [-0.2, -0.15) is 0 Å². The van der Waals surface area contributed by atoms with Crippen molar-refractivity contribution >= 4 is 33.9 Å². The molecule has 2 heterocycles. The molecule has 0 spiro atoms. The Morgan fingerprint density at radius 3 is 2.88 bits per heavy atom. The summed E-state index contributed by atoms with van der Waals surface area (Å²) >= 11 is 0. The van der Waals surface area contributed by atoms with Gasteiger partial charge in [-0.05, 0) is 24.6 Å². The Balaban J connectivity index is 1.80. The van der Waals surface area contributed by atoms with Crippen LogP contribution in [0.4, 0.5) is 5.69 Å². The largest absolute Gasteiger partial charge is 0.351 e. The zero-order valence-electron chi connectivity index (χ0n) is 14.6. The van der Waals surface area contributed by atoms with E-state index in [4.69, 9.17) is 4.99 Å². The first-order valence-electron chi connectivity index (χ1n) is 8.61. The minimum atomic E-state index is -0.134. The van der Waals surface area contributed by atoms with Crippen LogP contribution in [0.15, 0.2) is 71.9 Å². The number of aliphatic imine (C=N–C) groups is 1. The fourth-order valence-electron chi connectivity index (χ4n) is 3.25. The van der Waals surface area contributed by atoms with Gasteiger partial charge in [-0.3, -0.25) is 4.79 Å². The molecular formula is C21H20N4O. The van der Waals surface area contributed by atoms with Crippen LogP contribution in [0.25, 0.3) is 16.5 Å². The molecule has 5 nitrogen and oxygen atoms in total. The van der Waals surface area contributed by atoms with Crippen molar-refractivity contribution in [3.8, 4) is 0 Å². The smallest absolute Gasteiger partial charge is 0.255 e. The van der Waals surface area contributed by atoms with Crippen LogP contribution < -0.4 is 10.6 Å². The maximum atomic E-state index is 12.6. The molecule has 4 rings (SSSR count). The highest BCUT2D eigenvalue weighted by atomic mass is 16.1. The predicted octanol–water partition coefficient (Wildman–Crippen LogP) is 2.95. The Labute approximate surface area is 152 Å². The first kappa shape index (κ1) is 16.3. The van der Waals surface area contributed by atoms with E-state index in [0.717, 1.165) is 27.7 Å². The number of rotatable bonds is 4. The van der Waals surface area contributed by atoms with Gasteiger partial charge in [0, 0.05) is 35.9 Å². The van der Waals surface area contributed by atoms with Gasteiger partial charge in [-0.25, -0.2) is 4.99 Å². The fourth-order valence-corrected chi connectivity index (χ4v) is 3.25. The van der Waals surface area contributed by atoms with Crippen LogP contribution in [-0.2, 0) is 4.79 Å². The molecule has 2 aromatic carbocycles. The number of carbonyl (C=O) groups is 1. The monoisotopic (exact) mass is 344 g/mol. The molecule has 2 aliphatic rings. The summed E-state index contributed by atoms with van der Waals surface area (Å²) in [7, 11) is 1.85. The average Bonchev–Trinajstić information content (AvgIpc) is 2.68. The van der Waals surface area contributed by atoms with Gasteiger partial charge in [0.25, 0.3) is 5.91 Å². The normalized spacial score (nSPS) is 15.3. The quantitative estimate of drug-likeness (QED) is 0.839. The molecule has 130 valence electrons. The van der Waals surface area contributed by atoms with E-state index in [9.17, 15) is 4.79 Å². The van der Waals surface area contributed by atoms with E-state index in [1.807, 2.05) is 42.4 Å². The van der Waals surface area contributed by atoms with Crippen LogP contribution in [-0.4, -0.2) is 36.8 Å². The molecule has 0 radical (unpaired) electrons. The second-order valence-corrected chi connectivity index (χ2v) is 6.22. The molecule has 0 atom stereocenters. The van der Waals surface area contributed by atoms with Crippen molar-refractivity contribution in [2.24, 2.45) is 4.99 Å². The number of fused-ring (bicyclic) bond motifs is 4. The van der Waals surface area contributed by atoms with E-state index in [1.54, 1.807) is 6.08 Å². The summed E-state index contributed by atoms with van der Waals surface area (Å²) in [5, 5.41) is 8.12. The Bertz CT molecular complexity index is 1000. The second kappa shape index (κ2) is 6.61. The Hall–Kier alpha value is -3.18. The highest BCUT2D eigenvalue weighted by molar-refractivity contribution is 6.25. The van der Waals surface area contributed by atoms with E-state index >= 15 is 0 Å². The molecule has 0 bridgehead atoms. The Morgan fingerprint density at radius 1 is 1.19 bits per heavy atom. The maximum Gasteiger partial charge on any atom is 0.255 e. The molecule has 2 N–H and O–H groups in total. The molecule has 2 aliphatic heterocycles. The zero-order valence-corrected chi connectivity index (χ0v) is 14.6. The SMILES string of the molecule is C=C1c2ccc3ccccc3c2N=C2C(C(=O)NCCNC)=CC=CN12. The molecular weight excluding hydrogens is 324 g/mol. The molecule has 0 aliphatic carbocycles. The number of nitrogens with one attached hydrogen (secondary N) is 2. The van der Waals surface area contributed by atoms with Gasteiger partial charge in [0.15, 0.2) is 5.84 Å². The minimum absolute atomic E-state index is 0.134. The van der Waals surface area contributed by atoms with Crippen molar-refractivity contribution in [3.05, 3.63) is 72.5 Å². The zero-order chi connectivity index (χ0) is 18.1. The van der Waals surface area contributed by atoms with Crippen LogP contribution in [0.5, 0.6) is 0 Å². The summed E-state index contributed by atoms with van der Waals surface area (Å²) in [5.74, 6) is 0.480. The first-order chi connectivity index (χ1) is 12.7. The van der Waals surface area contributed by atoms with Crippen LogP contribution in [0.2, 0.25) is 0 Å². The van der Waals surface area contributed by atoms with E-state index in [2.05, 4.69) is 35.4 Å². The molecule has 1 amide bonds. The summed E-state index contributed by atoms with van der Waals surface area (Å²) in [6.45, 7) is 5.51. The highest BCUT2D eigenvalue weighted by Crippen LogP contribution is 2.40. The maximum absolute atomic E-state index is 12.6. The van der Waals surface area contributed by atoms with E-state index in [0.29, 0.717) is 24.5 Å². The number of amides is 1. The van der Waals surface area contributed by atoms with E-state index in [1.165, 1.54) is 0 Å². The van der Waals surface area contributed by atoms with E-state index < -0.39 is 0 Å². The fraction of sp³-hybridized carbons (Fsp3) is 0.143. The molecule has 2 aromatic rings. The number of nitrogens with zero attached hydrogens (tertiary/aromatic N) is 2. The minimum Gasteiger partial charge on any atom is -0.351 e. The lowest BCUT2D eigenvalue weighted by atomic mass is 9.98. The number of allylic oxidation sites excluding steroid dienone is 2. The average molecular weight is 344 g/mol. The Morgan fingerprint density at radius 2 is 2.04 bits per heavy atom. The van der Waals surface area contributed by atoms with Gasteiger partial charge in [-0.15, -0.1) is 0 Å². The summed E-state index contributed by atoms with van der Waals surface area (Å²) in [6.07, 6.45) is 5.54. The second-order valence-electron chi connectivity index (χ2n) is 6.22. The van der Waals surface area contributed by atoms with Crippen LogP contribution >= 0.6 is 0 Å². The third kappa shape index (κ3) is 2.62. The van der Waals surface area contributed by atoms with Crippen LogP contribution in [0.1, 0.15) is 5.56 Å². The highest BCUT2D eigenvalue weighted by Gasteiger charge is 2.30. The number of hydrogen-bond acceptors (Lipinski definition) is 4. The third-order valence-corrected chi connectivity index (χ3v) is 4.59. The summed E-state index contributed by atoms with van der Waals surface area (Å²) in [4.78, 5) is 19.4. The lowest BCUT2D eigenvalue weighted by Crippen LogP contribution is -2.39. The predicted molar refractivity (Wildman–Crippen MR) is 106 cm³/mol. The standard InChI is InChI=1S/C21H20N4O/c1-14-16-10-9-15-6-3-4-7-17(15)19(16)24-20-18(8-5-13-25(14)20)21(26)23-12-11-22-2/h3-10,13,22H,1,11-12H2,2H3,(H,23,26). The van der Waals surface area contributed by atoms with Crippen LogP contribution in [0.3, 0.4) is 0 Å². The van der Waals surface area contributed by atoms with Gasteiger partial charge < -0.3 is 15.5 Å². The first-order valence-corrected chi connectivity index (χ1v) is 8.61. The number of amidine groups is 1. The van der Waals surface area contributed by atoms with Gasteiger partial charge in [0.2, 0.25) is 0 Å². The lowest BCUT2D eigenvalue weighted by Gasteiger charge is -2.32. The molecule has 0 saturated heterocycles. The summed E-state index contributed by atoms with van der Waals surface area (Å²) < 4.78 is 0. The van der Waals surface area contributed by atoms with Crippen molar-refractivity contribution < 1.29 is 4.79 Å². The van der Waals surface area contributed by atoms with E-state index in [-0.39, 0.29) is 5.91 Å². The van der Waals surface area contributed by atoms with Gasteiger partial charge in [0.1, 0.15) is 0 Å². The molecule has 0 unspecified atom stereocenters. The van der Waals surface area contributed by atoms with Crippen molar-refractivity contribution in [2.45, 2.75) is 0 Å². The third-order valence-electron chi connectivity index (χ3n) is 4.59. The molecule has 5 heteroatoms. The van der Waals surface area contributed by atoms with Crippen molar-refractivity contribution in [1.82, 2.24) is 15.5 Å². The molecule has 0 saturated carbocycles. The van der Waals surface area contributed by atoms with Gasteiger partial charge in [0.05, 0.1) is 11.3 Å². The van der Waals surface area contributed by atoms with Crippen LogP contribution in [0, 0.1) is 0 Å². The summed E-state index contributed by atoms with van der Waals surface area (Å²) in [5.41, 5.74) is 3.21. The summed E-state index contributed by atoms with van der Waals surface area (Å²) in [6, 6.07) is 12.2.